The van der Waals surface area contributed by atoms with Crippen molar-refractivity contribution in [2.24, 2.45) is 5.92 Å². The Labute approximate surface area is 150 Å². The quantitative estimate of drug-likeness (QED) is 0.735. The van der Waals surface area contributed by atoms with Crippen LogP contribution in [0.25, 0.3) is 0 Å². The van der Waals surface area contributed by atoms with E-state index in [0.29, 0.717) is 18.2 Å². The lowest BCUT2D eigenvalue weighted by molar-refractivity contribution is -0.121. The summed E-state index contributed by atoms with van der Waals surface area (Å²) in [6.45, 7) is 7.30. The van der Waals surface area contributed by atoms with Gasteiger partial charge in [0.25, 0.3) is 0 Å². The Kier molecular flexibility index (Phi) is 7.44. The lowest BCUT2D eigenvalue weighted by Crippen LogP contribution is -2.45. The molecule has 0 aliphatic carbocycles. The minimum absolute atomic E-state index is 0.0177. The van der Waals surface area contributed by atoms with Crippen molar-refractivity contribution in [2.45, 2.75) is 45.6 Å². The van der Waals surface area contributed by atoms with Gasteiger partial charge in [-0.1, -0.05) is 6.92 Å². The number of nitrogens with one attached hydrogen (secondary N) is 1. The Hall–Kier alpha value is -1.88. The summed E-state index contributed by atoms with van der Waals surface area (Å²) in [6, 6.07) is 7.33. The number of hydrogen-bond acceptors (Lipinski definition) is 4. The number of amides is 1. The van der Waals surface area contributed by atoms with Gasteiger partial charge in [0.2, 0.25) is 5.91 Å². The number of likely N-dealkylation sites (tertiary alicyclic amines) is 1. The van der Waals surface area contributed by atoms with Crippen LogP contribution in [-0.4, -0.2) is 49.4 Å². The molecule has 2 rings (SSSR count). The molecule has 1 aliphatic heterocycles. The lowest BCUT2D eigenvalue weighted by atomic mass is 9.98. The normalized spacial score (nSPS) is 17.1. The molecule has 1 unspecified atom stereocenters. The smallest absolute Gasteiger partial charge is 0.220 e. The molecule has 138 valence electrons. The van der Waals surface area contributed by atoms with Crippen LogP contribution < -0.4 is 10.1 Å². The maximum atomic E-state index is 12.1. The largest absolute Gasteiger partial charge is 0.497 e. The molecule has 1 fully saturated rings. The van der Waals surface area contributed by atoms with Gasteiger partial charge in [0.15, 0.2) is 5.78 Å². The van der Waals surface area contributed by atoms with E-state index in [1.54, 1.807) is 31.4 Å². The van der Waals surface area contributed by atoms with E-state index in [1.807, 2.05) is 0 Å². The monoisotopic (exact) mass is 346 g/mol. The summed E-state index contributed by atoms with van der Waals surface area (Å²) < 4.78 is 5.08. The number of methoxy groups -OCH3 is 1. The molecule has 1 heterocycles. The van der Waals surface area contributed by atoms with Crippen LogP contribution in [0.2, 0.25) is 0 Å². The predicted molar refractivity (Wildman–Crippen MR) is 99.0 cm³/mol. The van der Waals surface area contributed by atoms with Crippen LogP contribution in [0.4, 0.5) is 0 Å². The van der Waals surface area contributed by atoms with Crippen LogP contribution in [-0.2, 0) is 4.79 Å². The summed E-state index contributed by atoms with van der Waals surface area (Å²) in [4.78, 5) is 26.6. The fraction of sp³-hybridized carbons (Fsp3) is 0.600. The van der Waals surface area contributed by atoms with Crippen molar-refractivity contribution in [3.05, 3.63) is 29.8 Å². The summed E-state index contributed by atoms with van der Waals surface area (Å²) in [6.07, 6.45) is 2.92. The fourth-order valence-corrected chi connectivity index (χ4v) is 3.10. The van der Waals surface area contributed by atoms with E-state index in [-0.39, 0.29) is 24.5 Å². The molecule has 0 spiro atoms. The number of hydrogen-bond donors (Lipinski definition) is 1. The average molecular weight is 346 g/mol. The standard InChI is InChI=1S/C20H30N2O3/c1-15-10-12-22(13-11-15)16(2)14-21-20(24)9-8-19(23)17-4-6-18(25-3)7-5-17/h4-7,15-16H,8-14H2,1-3H3,(H,21,24). The Morgan fingerprint density at radius 3 is 2.44 bits per heavy atom. The minimum Gasteiger partial charge on any atom is -0.497 e. The molecule has 0 saturated carbocycles. The molecule has 0 radical (unpaired) electrons. The Balaban J connectivity index is 1.68. The lowest BCUT2D eigenvalue weighted by Gasteiger charge is -2.35. The first-order valence-corrected chi connectivity index (χ1v) is 9.17. The number of Topliss-reactive ketones (excluding diaryl/α,β-unsaturated/α-hetero) is 1. The molecular formula is C20H30N2O3. The molecule has 0 bridgehead atoms. The van der Waals surface area contributed by atoms with Crippen molar-refractivity contribution in [3.63, 3.8) is 0 Å². The van der Waals surface area contributed by atoms with Crippen molar-refractivity contribution in [1.82, 2.24) is 10.2 Å². The second-order valence-electron chi connectivity index (χ2n) is 7.02. The molecule has 1 aromatic carbocycles. The first-order valence-electron chi connectivity index (χ1n) is 9.17. The first-order chi connectivity index (χ1) is 12.0. The van der Waals surface area contributed by atoms with Crippen LogP contribution in [0.15, 0.2) is 24.3 Å². The highest BCUT2D eigenvalue weighted by molar-refractivity contribution is 5.98. The van der Waals surface area contributed by atoms with Gasteiger partial charge in [-0.15, -0.1) is 0 Å². The van der Waals surface area contributed by atoms with Crippen molar-refractivity contribution >= 4 is 11.7 Å². The van der Waals surface area contributed by atoms with Crippen LogP contribution in [0.3, 0.4) is 0 Å². The molecule has 1 aromatic rings. The highest BCUT2D eigenvalue weighted by Crippen LogP contribution is 2.17. The number of nitrogens with zero attached hydrogens (tertiary/aromatic N) is 1. The average Bonchev–Trinajstić information content (AvgIpc) is 2.64. The second-order valence-corrected chi connectivity index (χ2v) is 7.02. The van der Waals surface area contributed by atoms with Gasteiger partial charge in [0, 0.05) is 31.0 Å². The van der Waals surface area contributed by atoms with Gasteiger partial charge < -0.3 is 10.1 Å². The molecule has 1 N–H and O–H groups in total. The van der Waals surface area contributed by atoms with Crippen LogP contribution in [0.1, 0.15) is 49.9 Å². The highest BCUT2D eigenvalue weighted by atomic mass is 16.5. The van der Waals surface area contributed by atoms with E-state index < -0.39 is 0 Å². The zero-order valence-electron chi connectivity index (χ0n) is 15.6. The van der Waals surface area contributed by atoms with Crippen LogP contribution in [0.5, 0.6) is 5.75 Å². The van der Waals surface area contributed by atoms with Gasteiger partial charge in [-0.25, -0.2) is 0 Å². The van der Waals surface area contributed by atoms with E-state index in [0.717, 1.165) is 24.8 Å². The number of ketones is 1. The SMILES string of the molecule is COc1ccc(C(=O)CCC(=O)NCC(C)N2CCC(C)CC2)cc1. The van der Waals surface area contributed by atoms with E-state index in [9.17, 15) is 9.59 Å². The van der Waals surface area contributed by atoms with Crippen molar-refractivity contribution in [1.29, 1.82) is 0 Å². The van der Waals surface area contributed by atoms with Crippen molar-refractivity contribution in [3.8, 4) is 5.75 Å². The maximum absolute atomic E-state index is 12.1. The van der Waals surface area contributed by atoms with Crippen LogP contribution >= 0.6 is 0 Å². The van der Waals surface area contributed by atoms with Gasteiger partial charge in [0.1, 0.15) is 5.75 Å². The zero-order chi connectivity index (χ0) is 18.2. The number of benzene rings is 1. The molecule has 5 nitrogen and oxygen atoms in total. The first kappa shape index (κ1) is 19.4. The molecule has 25 heavy (non-hydrogen) atoms. The minimum atomic E-state index is -0.0564. The summed E-state index contributed by atoms with van der Waals surface area (Å²) in [5, 5.41) is 2.96. The number of piperidine rings is 1. The van der Waals surface area contributed by atoms with E-state index in [1.165, 1.54) is 12.8 Å². The predicted octanol–water partition coefficient (Wildman–Crippen LogP) is 2.89. The zero-order valence-corrected chi connectivity index (χ0v) is 15.6. The van der Waals surface area contributed by atoms with E-state index in [4.69, 9.17) is 4.74 Å². The summed E-state index contributed by atoms with van der Waals surface area (Å²) in [7, 11) is 1.59. The Bertz CT molecular complexity index is 563. The molecule has 1 saturated heterocycles. The van der Waals surface area contributed by atoms with Gasteiger partial charge in [-0.05, 0) is 63.0 Å². The van der Waals surface area contributed by atoms with Gasteiger partial charge in [0.05, 0.1) is 7.11 Å². The topological polar surface area (TPSA) is 58.6 Å². The third kappa shape index (κ3) is 6.16. The number of carbonyl (C=O) groups excluding carboxylic acids is 2. The Morgan fingerprint density at radius 2 is 1.84 bits per heavy atom. The van der Waals surface area contributed by atoms with Crippen molar-refractivity contribution in [2.75, 3.05) is 26.7 Å². The maximum Gasteiger partial charge on any atom is 0.220 e. The number of carbonyl (C=O) groups is 2. The Morgan fingerprint density at radius 1 is 1.20 bits per heavy atom. The summed E-state index contributed by atoms with van der Waals surface area (Å²) in [5.74, 6) is 1.45. The van der Waals surface area contributed by atoms with Gasteiger partial charge in [-0.2, -0.15) is 0 Å². The molecule has 1 amide bonds. The summed E-state index contributed by atoms with van der Waals surface area (Å²) >= 11 is 0. The van der Waals surface area contributed by atoms with Gasteiger partial charge >= 0.3 is 0 Å². The third-order valence-corrected chi connectivity index (χ3v) is 5.03. The molecular weight excluding hydrogens is 316 g/mol. The number of rotatable bonds is 8. The molecule has 1 atom stereocenters. The highest BCUT2D eigenvalue weighted by Gasteiger charge is 2.20. The summed E-state index contributed by atoms with van der Waals surface area (Å²) in [5.41, 5.74) is 0.615. The molecule has 0 aromatic heterocycles. The number of ether oxygens (including phenoxy) is 1. The van der Waals surface area contributed by atoms with Crippen LogP contribution in [0, 0.1) is 5.92 Å². The van der Waals surface area contributed by atoms with E-state index in [2.05, 4.69) is 24.1 Å². The van der Waals surface area contributed by atoms with Gasteiger partial charge in [-0.3, -0.25) is 14.5 Å². The molecule has 5 heteroatoms. The molecule has 1 aliphatic rings. The van der Waals surface area contributed by atoms with Crippen molar-refractivity contribution < 1.29 is 14.3 Å². The second kappa shape index (κ2) is 9.56. The third-order valence-electron chi connectivity index (χ3n) is 5.03. The fourth-order valence-electron chi connectivity index (χ4n) is 3.10. The van der Waals surface area contributed by atoms with E-state index >= 15 is 0 Å².